The molecule has 1 heteroatoms. The van der Waals surface area contributed by atoms with Crippen molar-refractivity contribution in [3.63, 3.8) is 0 Å². The minimum atomic E-state index is 0.293. The van der Waals surface area contributed by atoms with Crippen molar-refractivity contribution in [1.82, 2.24) is 0 Å². The highest BCUT2D eigenvalue weighted by molar-refractivity contribution is 5.61. The quantitative estimate of drug-likeness (QED) is 0.513. The summed E-state index contributed by atoms with van der Waals surface area (Å²) < 4.78 is 0. The SMILES string of the molecule is CC1=CC(C2C=Cc3ccccc3C(C)c3cc(C)c(C)cc32)C(C)C=C1C#N. The van der Waals surface area contributed by atoms with Gasteiger partial charge in [0.1, 0.15) is 0 Å². The second-order valence-corrected chi connectivity index (χ2v) is 8.78. The molecule has 0 N–H and O–H groups in total. The molecule has 146 valence electrons. The number of hydrogen-bond donors (Lipinski definition) is 0. The van der Waals surface area contributed by atoms with E-state index < -0.39 is 0 Å². The summed E-state index contributed by atoms with van der Waals surface area (Å²) in [5, 5.41) is 9.45. The van der Waals surface area contributed by atoms with Gasteiger partial charge in [0.15, 0.2) is 0 Å². The largest absolute Gasteiger partial charge is 0.192 e. The van der Waals surface area contributed by atoms with Gasteiger partial charge in [0.2, 0.25) is 0 Å². The van der Waals surface area contributed by atoms with Gasteiger partial charge in [-0.2, -0.15) is 5.26 Å². The van der Waals surface area contributed by atoms with Crippen molar-refractivity contribution in [3.8, 4) is 6.07 Å². The van der Waals surface area contributed by atoms with Crippen LogP contribution >= 0.6 is 0 Å². The van der Waals surface area contributed by atoms with Gasteiger partial charge in [0.25, 0.3) is 0 Å². The standard InChI is InChI=1S/C28H29N/c1-17-13-27-21(5)24-9-7-6-8-22(24)10-11-25(28(27)14-18(17)2)26-15-19(3)23(16-29)12-20(26)4/h6-15,20-21,25-26H,1-5H3. The van der Waals surface area contributed by atoms with Crippen molar-refractivity contribution in [3.05, 3.63) is 99.2 Å². The summed E-state index contributed by atoms with van der Waals surface area (Å²) in [4.78, 5) is 0. The average molecular weight is 380 g/mol. The lowest BCUT2D eigenvalue weighted by Gasteiger charge is -2.34. The first-order valence-electron chi connectivity index (χ1n) is 10.6. The smallest absolute Gasteiger partial charge is 0.0991 e. The maximum absolute atomic E-state index is 9.45. The summed E-state index contributed by atoms with van der Waals surface area (Å²) in [5.41, 5.74) is 10.2. The molecule has 2 aliphatic carbocycles. The molecule has 4 rings (SSSR count). The van der Waals surface area contributed by atoms with Crippen LogP contribution in [0.2, 0.25) is 0 Å². The van der Waals surface area contributed by atoms with Crippen molar-refractivity contribution in [1.29, 1.82) is 5.26 Å². The molecule has 2 aromatic rings. The second kappa shape index (κ2) is 7.53. The first-order valence-corrected chi connectivity index (χ1v) is 10.6. The Hall–Kier alpha value is -2.85. The fourth-order valence-corrected chi connectivity index (χ4v) is 4.99. The Bertz CT molecular complexity index is 1090. The van der Waals surface area contributed by atoms with Crippen molar-refractivity contribution in [2.75, 3.05) is 0 Å². The van der Waals surface area contributed by atoms with Gasteiger partial charge in [-0.25, -0.2) is 0 Å². The van der Waals surface area contributed by atoms with Crippen molar-refractivity contribution < 1.29 is 0 Å². The molecule has 4 unspecified atom stereocenters. The molecule has 29 heavy (non-hydrogen) atoms. The Morgan fingerprint density at radius 3 is 2.28 bits per heavy atom. The van der Waals surface area contributed by atoms with Gasteiger partial charge in [0, 0.05) is 11.8 Å². The number of nitriles is 1. The minimum absolute atomic E-state index is 0.293. The Labute approximate surface area is 175 Å². The highest BCUT2D eigenvalue weighted by Crippen LogP contribution is 2.44. The van der Waals surface area contributed by atoms with Gasteiger partial charge >= 0.3 is 0 Å². The topological polar surface area (TPSA) is 23.8 Å². The van der Waals surface area contributed by atoms with Crippen LogP contribution < -0.4 is 0 Å². The van der Waals surface area contributed by atoms with E-state index in [1.165, 1.54) is 33.4 Å². The van der Waals surface area contributed by atoms with Gasteiger partial charge in [-0.05, 0) is 71.6 Å². The van der Waals surface area contributed by atoms with Crippen LogP contribution in [0.25, 0.3) is 6.08 Å². The molecule has 0 aromatic heterocycles. The molecule has 4 atom stereocenters. The van der Waals surface area contributed by atoms with Crippen molar-refractivity contribution in [2.24, 2.45) is 11.8 Å². The Kier molecular flexibility index (Phi) is 5.05. The average Bonchev–Trinajstić information content (AvgIpc) is 2.71. The van der Waals surface area contributed by atoms with E-state index in [0.717, 1.165) is 11.1 Å². The van der Waals surface area contributed by atoms with Gasteiger partial charge < -0.3 is 0 Å². The highest BCUT2D eigenvalue weighted by atomic mass is 14.4. The fraction of sp³-hybridized carbons (Fsp3) is 0.321. The highest BCUT2D eigenvalue weighted by Gasteiger charge is 2.31. The molecule has 2 aliphatic rings. The van der Waals surface area contributed by atoms with E-state index in [2.05, 4.69) is 101 Å². The number of fused-ring (bicyclic) bond motifs is 2. The molecular weight excluding hydrogens is 350 g/mol. The predicted octanol–water partition coefficient (Wildman–Crippen LogP) is 7.23. The maximum Gasteiger partial charge on any atom is 0.0991 e. The summed E-state index contributed by atoms with van der Waals surface area (Å²) in [7, 11) is 0. The Balaban J connectivity index is 1.93. The van der Waals surface area contributed by atoms with Crippen LogP contribution in [0.4, 0.5) is 0 Å². The number of benzene rings is 2. The molecule has 0 amide bonds. The van der Waals surface area contributed by atoms with Crippen LogP contribution in [0, 0.1) is 37.0 Å². The van der Waals surface area contributed by atoms with Gasteiger partial charge in [-0.3, -0.25) is 0 Å². The van der Waals surface area contributed by atoms with Gasteiger partial charge in [-0.15, -0.1) is 0 Å². The molecule has 0 heterocycles. The van der Waals surface area contributed by atoms with E-state index in [9.17, 15) is 5.26 Å². The summed E-state index contributed by atoms with van der Waals surface area (Å²) in [6.07, 6.45) is 9.20. The molecule has 2 aromatic carbocycles. The van der Waals surface area contributed by atoms with E-state index in [-0.39, 0.29) is 0 Å². The zero-order valence-electron chi connectivity index (χ0n) is 18.0. The summed E-state index contributed by atoms with van der Waals surface area (Å²) >= 11 is 0. The Morgan fingerprint density at radius 2 is 1.55 bits per heavy atom. The van der Waals surface area contributed by atoms with Crippen molar-refractivity contribution in [2.45, 2.75) is 46.5 Å². The fourth-order valence-electron chi connectivity index (χ4n) is 4.99. The number of nitrogens with zero attached hydrogens (tertiary/aromatic N) is 1. The third kappa shape index (κ3) is 3.38. The van der Waals surface area contributed by atoms with E-state index in [4.69, 9.17) is 0 Å². The minimum Gasteiger partial charge on any atom is -0.192 e. The van der Waals surface area contributed by atoms with Crippen LogP contribution in [0.3, 0.4) is 0 Å². The van der Waals surface area contributed by atoms with Crippen molar-refractivity contribution >= 4 is 6.08 Å². The second-order valence-electron chi connectivity index (χ2n) is 8.78. The molecule has 0 saturated heterocycles. The Morgan fingerprint density at radius 1 is 0.862 bits per heavy atom. The zero-order valence-corrected chi connectivity index (χ0v) is 18.0. The predicted molar refractivity (Wildman–Crippen MR) is 122 cm³/mol. The molecule has 1 nitrogen and oxygen atoms in total. The number of allylic oxidation sites excluding steroid dienone is 5. The number of rotatable bonds is 1. The maximum atomic E-state index is 9.45. The van der Waals surface area contributed by atoms with Gasteiger partial charge in [0.05, 0.1) is 11.6 Å². The first kappa shape index (κ1) is 19.5. The summed E-state index contributed by atoms with van der Waals surface area (Å²) in [6.45, 7) is 11.1. The van der Waals surface area contributed by atoms with E-state index >= 15 is 0 Å². The molecule has 0 radical (unpaired) electrons. The zero-order chi connectivity index (χ0) is 20.7. The van der Waals surface area contributed by atoms with E-state index in [1.54, 1.807) is 0 Å². The number of aryl methyl sites for hydroxylation is 2. The molecular formula is C28H29N. The summed E-state index contributed by atoms with van der Waals surface area (Å²) in [6, 6.07) is 15.9. The van der Waals surface area contributed by atoms with Gasteiger partial charge in [-0.1, -0.05) is 74.5 Å². The first-order chi connectivity index (χ1) is 13.9. The molecule has 0 spiro atoms. The lowest BCUT2D eigenvalue weighted by atomic mass is 9.70. The third-order valence-electron chi connectivity index (χ3n) is 6.91. The normalized spacial score (nSPS) is 25.7. The van der Waals surface area contributed by atoms with Crippen LogP contribution in [-0.2, 0) is 0 Å². The third-order valence-corrected chi connectivity index (χ3v) is 6.91. The molecule has 0 aliphatic heterocycles. The molecule has 0 saturated carbocycles. The van der Waals surface area contributed by atoms with Crippen LogP contribution in [0.1, 0.15) is 66.0 Å². The summed E-state index contributed by atoms with van der Waals surface area (Å²) in [5.74, 6) is 1.31. The lowest BCUT2D eigenvalue weighted by Crippen LogP contribution is -2.22. The van der Waals surface area contributed by atoms with E-state index in [1.807, 2.05) is 0 Å². The van der Waals surface area contributed by atoms with Crippen LogP contribution in [-0.4, -0.2) is 0 Å². The van der Waals surface area contributed by atoms with Crippen LogP contribution in [0.5, 0.6) is 0 Å². The number of hydrogen-bond acceptors (Lipinski definition) is 1. The van der Waals surface area contributed by atoms with Crippen LogP contribution in [0.15, 0.2) is 65.8 Å². The lowest BCUT2D eigenvalue weighted by molar-refractivity contribution is 0.456. The van der Waals surface area contributed by atoms with E-state index in [0.29, 0.717) is 23.7 Å². The molecule has 0 fully saturated rings. The monoisotopic (exact) mass is 379 g/mol. The molecule has 0 bridgehead atoms.